The van der Waals surface area contributed by atoms with E-state index in [1.165, 1.54) is 32.4 Å². The Morgan fingerprint density at radius 3 is 2.68 bits per heavy atom. The predicted molar refractivity (Wildman–Crippen MR) is 73.7 cm³/mol. The third-order valence-electron chi connectivity index (χ3n) is 4.18. The van der Waals surface area contributed by atoms with Crippen LogP contribution in [0.5, 0.6) is 0 Å². The van der Waals surface area contributed by atoms with Crippen LogP contribution in [0.2, 0.25) is 0 Å². The van der Waals surface area contributed by atoms with Gasteiger partial charge in [-0.25, -0.2) is 0 Å². The molecule has 0 bridgehead atoms. The van der Waals surface area contributed by atoms with Gasteiger partial charge in [0.05, 0.1) is 6.42 Å². The maximum atomic E-state index is 12.1. The highest BCUT2D eigenvalue weighted by Gasteiger charge is 2.34. The van der Waals surface area contributed by atoms with Gasteiger partial charge in [-0.05, 0) is 38.1 Å². The van der Waals surface area contributed by atoms with Crippen molar-refractivity contribution in [1.82, 2.24) is 14.8 Å². The molecule has 3 heterocycles. The predicted octanol–water partition coefficient (Wildman–Crippen LogP) is 1.32. The number of rotatable bonds is 3. The van der Waals surface area contributed by atoms with Crippen molar-refractivity contribution < 1.29 is 4.79 Å². The maximum absolute atomic E-state index is 12.1. The minimum Gasteiger partial charge on any atom is -0.339 e. The van der Waals surface area contributed by atoms with Crippen molar-refractivity contribution in [1.29, 1.82) is 0 Å². The molecule has 102 valence electrons. The SMILES string of the molecule is O=C(Cc1ccccn1)N1CC(N2CCCCC2)C1. The van der Waals surface area contributed by atoms with Gasteiger partial charge in [0, 0.05) is 31.0 Å². The van der Waals surface area contributed by atoms with Crippen LogP contribution >= 0.6 is 0 Å². The van der Waals surface area contributed by atoms with Crippen molar-refractivity contribution in [3.8, 4) is 0 Å². The van der Waals surface area contributed by atoms with E-state index < -0.39 is 0 Å². The second kappa shape index (κ2) is 5.70. The molecule has 0 radical (unpaired) electrons. The van der Waals surface area contributed by atoms with Gasteiger partial charge in [-0.3, -0.25) is 14.7 Å². The molecule has 1 amide bonds. The lowest BCUT2D eigenvalue weighted by atomic mass is 10.0. The van der Waals surface area contributed by atoms with Crippen LogP contribution in [0.25, 0.3) is 0 Å². The third kappa shape index (κ3) is 2.95. The number of piperidine rings is 1. The van der Waals surface area contributed by atoms with Gasteiger partial charge in [-0.2, -0.15) is 0 Å². The largest absolute Gasteiger partial charge is 0.339 e. The molecule has 0 spiro atoms. The summed E-state index contributed by atoms with van der Waals surface area (Å²) in [7, 11) is 0. The Labute approximate surface area is 114 Å². The smallest absolute Gasteiger partial charge is 0.228 e. The molecule has 0 atom stereocenters. The van der Waals surface area contributed by atoms with Crippen LogP contribution in [-0.2, 0) is 11.2 Å². The topological polar surface area (TPSA) is 36.4 Å². The summed E-state index contributed by atoms with van der Waals surface area (Å²) in [6, 6.07) is 6.33. The third-order valence-corrected chi connectivity index (χ3v) is 4.18. The highest BCUT2D eigenvalue weighted by Crippen LogP contribution is 2.20. The molecule has 4 nitrogen and oxygen atoms in total. The molecule has 2 aliphatic rings. The summed E-state index contributed by atoms with van der Waals surface area (Å²) in [4.78, 5) is 20.8. The lowest BCUT2D eigenvalue weighted by molar-refractivity contribution is -0.138. The zero-order chi connectivity index (χ0) is 13.1. The molecule has 0 unspecified atom stereocenters. The standard InChI is InChI=1S/C15H21N3O/c19-15(10-13-6-2-3-7-16-13)18-11-14(12-18)17-8-4-1-5-9-17/h2-3,6-7,14H,1,4-5,8-12H2. The number of likely N-dealkylation sites (tertiary alicyclic amines) is 2. The summed E-state index contributed by atoms with van der Waals surface area (Å²) < 4.78 is 0. The van der Waals surface area contributed by atoms with Gasteiger partial charge in [-0.1, -0.05) is 12.5 Å². The number of amides is 1. The molecule has 4 heteroatoms. The Morgan fingerprint density at radius 1 is 1.21 bits per heavy atom. The van der Waals surface area contributed by atoms with E-state index in [1.54, 1.807) is 6.20 Å². The second-order valence-corrected chi connectivity index (χ2v) is 5.55. The Kier molecular flexibility index (Phi) is 3.78. The molecule has 1 aromatic rings. The monoisotopic (exact) mass is 259 g/mol. The summed E-state index contributed by atoms with van der Waals surface area (Å²) in [5.41, 5.74) is 0.869. The number of aromatic nitrogens is 1. The van der Waals surface area contributed by atoms with Crippen molar-refractivity contribution in [2.45, 2.75) is 31.7 Å². The van der Waals surface area contributed by atoms with Crippen LogP contribution in [-0.4, -0.2) is 52.9 Å². The second-order valence-electron chi connectivity index (χ2n) is 5.55. The van der Waals surface area contributed by atoms with Gasteiger partial charge < -0.3 is 4.90 Å². The summed E-state index contributed by atoms with van der Waals surface area (Å²) in [6.07, 6.45) is 6.19. The van der Waals surface area contributed by atoms with Gasteiger partial charge in [0.15, 0.2) is 0 Å². The van der Waals surface area contributed by atoms with Crippen LogP contribution in [0, 0.1) is 0 Å². The van der Waals surface area contributed by atoms with E-state index in [1.807, 2.05) is 23.1 Å². The first-order chi connectivity index (χ1) is 9.33. The molecule has 0 aromatic carbocycles. The fourth-order valence-corrected chi connectivity index (χ4v) is 2.94. The summed E-state index contributed by atoms with van der Waals surface area (Å²) in [5.74, 6) is 0.215. The molecule has 2 fully saturated rings. The number of hydrogen-bond donors (Lipinski definition) is 0. The van der Waals surface area contributed by atoms with E-state index in [0.717, 1.165) is 18.8 Å². The van der Waals surface area contributed by atoms with Crippen LogP contribution in [0.1, 0.15) is 25.0 Å². The molecule has 2 saturated heterocycles. The van der Waals surface area contributed by atoms with Gasteiger partial charge >= 0.3 is 0 Å². The Balaban J connectivity index is 1.46. The lowest BCUT2D eigenvalue weighted by Crippen LogP contribution is -2.62. The molecule has 19 heavy (non-hydrogen) atoms. The summed E-state index contributed by atoms with van der Waals surface area (Å²) in [5, 5.41) is 0. The van der Waals surface area contributed by atoms with Crippen LogP contribution in [0.15, 0.2) is 24.4 Å². The molecular formula is C15H21N3O. The highest BCUT2D eigenvalue weighted by atomic mass is 16.2. The van der Waals surface area contributed by atoms with Crippen molar-refractivity contribution in [2.75, 3.05) is 26.2 Å². The fourth-order valence-electron chi connectivity index (χ4n) is 2.94. The van der Waals surface area contributed by atoms with Crippen molar-refractivity contribution in [3.63, 3.8) is 0 Å². The van der Waals surface area contributed by atoms with Crippen molar-refractivity contribution >= 4 is 5.91 Å². The van der Waals surface area contributed by atoms with E-state index in [9.17, 15) is 4.79 Å². The van der Waals surface area contributed by atoms with E-state index in [2.05, 4.69) is 9.88 Å². The molecule has 0 N–H and O–H groups in total. The molecule has 0 saturated carbocycles. The minimum absolute atomic E-state index is 0.215. The lowest BCUT2D eigenvalue weighted by Gasteiger charge is -2.46. The van der Waals surface area contributed by atoms with Crippen LogP contribution in [0.3, 0.4) is 0 Å². The Morgan fingerprint density at radius 2 is 2.00 bits per heavy atom. The molecule has 1 aromatic heterocycles. The van der Waals surface area contributed by atoms with E-state index in [4.69, 9.17) is 0 Å². The number of carbonyl (C=O) groups excluding carboxylic acids is 1. The van der Waals surface area contributed by atoms with Gasteiger partial charge in [0.2, 0.25) is 5.91 Å². The van der Waals surface area contributed by atoms with E-state index >= 15 is 0 Å². The number of pyridine rings is 1. The normalized spacial score (nSPS) is 21.2. The summed E-state index contributed by atoms with van der Waals surface area (Å²) >= 11 is 0. The Bertz CT molecular complexity index is 422. The average molecular weight is 259 g/mol. The van der Waals surface area contributed by atoms with Crippen LogP contribution < -0.4 is 0 Å². The van der Waals surface area contributed by atoms with Gasteiger partial charge in [0.1, 0.15) is 0 Å². The number of nitrogens with zero attached hydrogens (tertiary/aromatic N) is 3. The van der Waals surface area contributed by atoms with Gasteiger partial charge in [0.25, 0.3) is 0 Å². The quantitative estimate of drug-likeness (QED) is 0.821. The molecular weight excluding hydrogens is 238 g/mol. The Hall–Kier alpha value is -1.42. The highest BCUT2D eigenvalue weighted by molar-refractivity contribution is 5.79. The first-order valence-electron chi connectivity index (χ1n) is 7.24. The fraction of sp³-hybridized carbons (Fsp3) is 0.600. The first kappa shape index (κ1) is 12.6. The van der Waals surface area contributed by atoms with Crippen LogP contribution in [0.4, 0.5) is 0 Å². The van der Waals surface area contributed by atoms with Crippen molar-refractivity contribution in [2.24, 2.45) is 0 Å². The van der Waals surface area contributed by atoms with E-state index in [-0.39, 0.29) is 5.91 Å². The van der Waals surface area contributed by atoms with E-state index in [0.29, 0.717) is 12.5 Å². The molecule has 3 rings (SSSR count). The number of carbonyl (C=O) groups is 1. The first-order valence-corrected chi connectivity index (χ1v) is 7.24. The maximum Gasteiger partial charge on any atom is 0.228 e. The molecule has 2 aliphatic heterocycles. The zero-order valence-corrected chi connectivity index (χ0v) is 11.3. The zero-order valence-electron chi connectivity index (χ0n) is 11.3. The average Bonchev–Trinajstić information content (AvgIpc) is 2.39. The summed E-state index contributed by atoms with van der Waals surface area (Å²) in [6.45, 7) is 4.25. The molecule has 0 aliphatic carbocycles. The van der Waals surface area contributed by atoms with Crippen molar-refractivity contribution in [3.05, 3.63) is 30.1 Å². The number of hydrogen-bond acceptors (Lipinski definition) is 3. The van der Waals surface area contributed by atoms with Gasteiger partial charge in [-0.15, -0.1) is 0 Å². The minimum atomic E-state index is 0.215.